The van der Waals surface area contributed by atoms with Crippen LogP contribution < -0.4 is 0 Å². The van der Waals surface area contributed by atoms with Gasteiger partial charge >= 0.3 is 5.97 Å². The predicted octanol–water partition coefficient (Wildman–Crippen LogP) is 2.03. The molecule has 6 nitrogen and oxygen atoms in total. The number of hydrogen-bond acceptors (Lipinski definition) is 4. The van der Waals surface area contributed by atoms with E-state index in [4.69, 9.17) is 9.66 Å². The van der Waals surface area contributed by atoms with Gasteiger partial charge in [0.15, 0.2) is 6.10 Å². The molecule has 1 atom stereocenters. The number of aliphatic carboxylic acids is 1. The molecule has 2 rings (SSSR count). The van der Waals surface area contributed by atoms with E-state index < -0.39 is 22.2 Å². The number of aliphatic hydroxyl groups excluding tert-OH is 1. The van der Waals surface area contributed by atoms with Crippen LogP contribution in [0.4, 0.5) is 0 Å². The Morgan fingerprint density at radius 1 is 1.14 bits per heavy atom. The molecule has 0 fully saturated rings. The fraction of sp³-hybridized carbons (Fsp3) is 0.133. The first-order chi connectivity index (χ1) is 10.2. The number of aliphatic hydroxyl groups is 1. The molecule has 0 bridgehead atoms. The van der Waals surface area contributed by atoms with Crippen LogP contribution in [0.2, 0.25) is 0 Å². The van der Waals surface area contributed by atoms with Crippen molar-refractivity contribution in [2.45, 2.75) is 17.9 Å². The summed E-state index contributed by atoms with van der Waals surface area (Å²) in [5, 5.41) is 18.4. The highest BCUT2D eigenvalue weighted by atomic mass is 32.2. The van der Waals surface area contributed by atoms with Crippen LogP contribution in [0.1, 0.15) is 17.2 Å². The largest absolute Gasteiger partial charge is 0.479 e. The molecule has 0 unspecified atom stereocenters. The molecule has 2 aromatic rings. The first-order valence-corrected chi connectivity index (χ1v) is 7.73. The van der Waals surface area contributed by atoms with Crippen LogP contribution in [0.5, 0.6) is 0 Å². The van der Waals surface area contributed by atoms with Gasteiger partial charge in [-0.3, -0.25) is 4.55 Å². The van der Waals surface area contributed by atoms with Crippen LogP contribution in [-0.2, 0) is 14.9 Å². The van der Waals surface area contributed by atoms with E-state index in [2.05, 4.69) is 0 Å². The number of rotatable bonds is 4. The smallest absolute Gasteiger partial charge is 0.337 e. The summed E-state index contributed by atoms with van der Waals surface area (Å²) in [6, 6.07) is 10.3. The average molecular weight is 322 g/mol. The second-order valence-corrected chi connectivity index (χ2v) is 6.24. The van der Waals surface area contributed by atoms with Gasteiger partial charge in [0, 0.05) is 0 Å². The molecule has 0 aliphatic rings. The molecule has 7 heteroatoms. The molecule has 22 heavy (non-hydrogen) atoms. The Hall–Kier alpha value is -2.22. The summed E-state index contributed by atoms with van der Waals surface area (Å²) in [6.45, 7) is 1.75. The Morgan fingerprint density at radius 3 is 2.41 bits per heavy atom. The molecular weight excluding hydrogens is 308 g/mol. The maximum absolute atomic E-state index is 11.2. The maximum Gasteiger partial charge on any atom is 0.337 e. The van der Waals surface area contributed by atoms with Gasteiger partial charge in [-0.2, -0.15) is 8.42 Å². The minimum Gasteiger partial charge on any atom is -0.479 e. The lowest BCUT2D eigenvalue weighted by molar-refractivity contribution is -0.146. The third-order valence-electron chi connectivity index (χ3n) is 3.25. The summed E-state index contributed by atoms with van der Waals surface area (Å²) in [4.78, 5) is 10.6. The Balaban J connectivity index is 2.57. The van der Waals surface area contributed by atoms with E-state index >= 15 is 0 Å². The normalized spacial score (nSPS) is 12.9. The Kier molecular flexibility index (Phi) is 4.32. The number of carboxylic acids is 1. The molecule has 0 heterocycles. The summed E-state index contributed by atoms with van der Waals surface area (Å²) >= 11 is 0. The topological polar surface area (TPSA) is 112 Å². The summed E-state index contributed by atoms with van der Waals surface area (Å²) in [5.74, 6) is -1.37. The van der Waals surface area contributed by atoms with E-state index in [0.29, 0.717) is 11.1 Å². The van der Waals surface area contributed by atoms with Crippen molar-refractivity contribution in [2.75, 3.05) is 0 Å². The number of benzene rings is 2. The quantitative estimate of drug-likeness (QED) is 0.743. The maximum atomic E-state index is 11.2. The second-order valence-electron chi connectivity index (χ2n) is 4.82. The highest BCUT2D eigenvalue weighted by molar-refractivity contribution is 7.85. The van der Waals surface area contributed by atoms with Crippen molar-refractivity contribution in [3.8, 4) is 11.1 Å². The molecule has 0 saturated heterocycles. The zero-order chi connectivity index (χ0) is 16.5. The number of carbonyl (C=O) groups is 1. The van der Waals surface area contributed by atoms with Crippen molar-refractivity contribution < 1.29 is 28.0 Å². The number of hydrogen-bond donors (Lipinski definition) is 3. The van der Waals surface area contributed by atoms with Gasteiger partial charge in [-0.25, -0.2) is 4.79 Å². The van der Waals surface area contributed by atoms with Crippen molar-refractivity contribution in [1.29, 1.82) is 0 Å². The minimum atomic E-state index is -4.33. The summed E-state index contributed by atoms with van der Waals surface area (Å²) in [7, 11) is -4.33. The summed E-state index contributed by atoms with van der Waals surface area (Å²) in [6.07, 6.45) is -1.66. The molecule has 116 valence electrons. The Labute approximate surface area is 127 Å². The fourth-order valence-corrected chi connectivity index (χ4v) is 2.60. The number of aryl methyl sites for hydroxylation is 1. The molecule has 0 saturated carbocycles. The van der Waals surface area contributed by atoms with Gasteiger partial charge < -0.3 is 10.2 Å². The first-order valence-electron chi connectivity index (χ1n) is 6.29. The standard InChI is InChI=1S/C15H14O6S/c1-9-5-6-12(22(19,20)21)8-13(9)10-3-2-4-11(7-10)14(16)15(17)18/h2-8,14,16H,1H3,(H,17,18)(H,19,20,21)/t14-/m1/s1. The molecule has 0 amide bonds. The van der Waals surface area contributed by atoms with E-state index in [1.54, 1.807) is 25.1 Å². The molecule has 0 spiro atoms. The first kappa shape index (κ1) is 16.2. The minimum absolute atomic E-state index is 0.182. The lowest BCUT2D eigenvalue weighted by Crippen LogP contribution is -2.10. The van der Waals surface area contributed by atoms with Gasteiger partial charge in [0.25, 0.3) is 10.1 Å². The van der Waals surface area contributed by atoms with Crippen molar-refractivity contribution in [1.82, 2.24) is 0 Å². The van der Waals surface area contributed by atoms with Crippen LogP contribution in [0.3, 0.4) is 0 Å². The van der Waals surface area contributed by atoms with Crippen LogP contribution >= 0.6 is 0 Å². The van der Waals surface area contributed by atoms with E-state index in [9.17, 15) is 18.3 Å². The van der Waals surface area contributed by atoms with Gasteiger partial charge in [-0.15, -0.1) is 0 Å². The van der Waals surface area contributed by atoms with E-state index in [0.717, 1.165) is 5.56 Å². The van der Waals surface area contributed by atoms with Gasteiger partial charge in [0.05, 0.1) is 4.90 Å². The molecule has 0 radical (unpaired) electrons. The lowest BCUT2D eigenvalue weighted by atomic mass is 9.97. The predicted molar refractivity (Wildman–Crippen MR) is 79.0 cm³/mol. The van der Waals surface area contributed by atoms with Crippen LogP contribution in [-0.4, -0.2) is 29.2 Å². The summed E-state index contributed by atoms with van der Waals surface area (Å²) < 4.78 is 31.6. The van der Waals surface area contributed by atoms with Gasteiger partial charge in [-0.05, 0) is 47.4 Å². The second kappa shape index (κ2) is 5.88. The monoisotopic (exact) mass is 322 g/mol. The molecule has 3 N–H and O–H groups in total. The molecule has 0 aliphatic carbocycles. The van der Waals surface area contributed by atoms with Crippen molar-refractivity contribution in [3.05, 3.63) is 53.6 Å². The number of carboxylic acid groups (broad SMARTS) is 1. The summed E-state index contributed by atoms with van der Waals surface area (Å²) in [5.41, 5.74) is 1.99. The Morgan fingerprint density at radius 2 is 1.82 bits per heavy atom. The van der Waals surface area contributed by atoms with Crippen LogP contribution in [0.15, 0.2) is 47.4 Å². The van der Waals surface area contributed by atoms with Crippen molar-refractivity contribution in [3.63, 3.8) is 0 Å². The lowest BCUT2D eigenvalue weighted by Gasteiger charge is -2.11. The SMILES string of the molecule is Cc1ccc(S(=O)(=O)O)cc1-c1cccc([C@@H](O)C(=O)O)c1. The highest BCUT2D eigenvalue weighted by Gasteiger charge is 2.17. The van der Waals surface area contributed by atoms with Crippen LogP contribution in [0, 0.1) is 6.92 Å². The van der Waals surface area contributed by atoms with Gasteiger partial charge in [-0.1, -0.05) is 24.3 Å². The zero-order valence-corrected chi connectivity index (χ0v) is 12.4. The van der Waals surface area contributed by atoms with E-state index in [-0.39, 0.29) is 10.5 Å². The third-order valence-corrected chi connectivity index (χ3v) is 4.10. The van der Waals surface area contributed by atoms with Crippen molar-refractivity contribution in [2.24, 2.45) is 0 Å². The molecular formula is C15H14O6S. The Bertz CT molecular complexity index is 826. The highest BCUT2D eigenvalue weighted by Crippen LogP contribution is 2.28. The third kappa shape index (κ3) is 3.33. The van der Waals surface area contributed by atoms with E-state index in [1.807, 2.05) is 0 Å². The molecule has 0 aliphatic heterocycles. The van der Waals surface area contributed by atoms with Crippen LogP contribution in [0.25, 0.3) is 11.1 Å². The average Bonchev–Trinajstić information content (AvgIpc) is 2.45. The molecule has 2 aromatic carbocycles. The van der Waals surface area contributed by atoms with Crippen molar-refractivity contribution >= 4 is 16.1 Å². The van der Waals surface area contributed by atoms with Gasteiger partial charge in [0.2, 0.25) is 0 Å². The molecule has 0 aromatic heterocycles. The zero-order valence-electron chi connectivity index (χ0n) is 11.6. The fourth-order valence-electron chi connectivity index (χ4n) is 2.09. The van der Waals surface area contributed by atoms with E-state index in [1.165, 1.54) is 24.3 Å². The van der Waals surface area contributed by atoms with Gasteiger partial charge in [0.1, 0.15) is 0 Å².